The summed E-state index contributed by atoms with van der Waals surface area (Å²) in [5.74, 6) is -0.127. The third-order valence-electron chi connectivity index (χ3n) is 21.9. The SMILES string of the molecule is CC(Br)c1cc2ccccc2nc1-c1ccccc1.CC(O)c1cc2ccccc2nc1-c1ccccc1.CC(O)c1cc2ccccc2nc1Cl.CC(c1cc2ccccc2nc1-c1ccccc1)n1nc(-c2cc(O)cc(F)c2)c2c(N)ncnc21.CC(c1cc2ccccc2nc1-c1ccccc1)n1nc(I)c2c(N)ncnc21.O=Cc1cc2ccccc2nc1Cl. The maximum atomic E-state index is 14.2. The van der Waals surface area contributed by atoms with Crippen LogP contribution in [0.2, 0.25) is 10.3 Å². The number of aromatic nitrogens is 14. The number of aliphatic hydroxyl groups is 2. The van der Waals surface area contributed by atoms with E-state index in [4.69, 9.17) is 64.8 Å². The number of carbonyl (C=O) groups excluding carboxylic acids is 1. The topological polar surface area (TPSA) is 294 Å². The summed E-state index contributed by atoms with van der Waals surface area (Å²) in [6.07, 6.45) is 2.45. The molecule has 21 aromatic rings. The molecular weight excluding hydrogens is 1850 g/mol. The number of anilines is 2. The quantitative estimate of drug-likeness (QED) is 0.0310. The van der Waals surface area contributed by atoms with Crippen molar-refractivity contribution in [3.05, 3.63) is 387 Å². The second kappa shape index (κ2) is 40.3. The smallest absolute Gasteiger partial charge is 0.165 e. The number of para-hydroxylation sites is 6. The highest BCUT2D eigenvalue weighted by atomic mass is 127. The molecule has 0 aliphatic heterocycles. The van der Waals surface area contributed by atoms with Gasteiger partial charge in [0.1, 0.15) is 55.6 Å². The minimum absolute atomic E-state index is 0.0948. The van der Waals surface area contributed by atoms with Crippen molar-refractivity contribution in [2.45, 2.75) is 63.7 Å². The van der Waals surface area contributed by atoms with E-state index in [1.54, 1.807) is 24.6 Å². The van der Waals surface area contributed by atoms with Gasteiger partial charge in [-0.3, -0.25) is 4.79 Å². The third-order valence-corrected chi connectivity index (χ3v) is 23.7. The van der Waals surface area contributed by atoms with Gasteiger partial charge in [-0.2, -0.15) is 10.2 Å². The molecule has 20 nitrogen and oxygen atoms in total. The molecule has 0 radical (unpaired) electrons. The number of aliphatic hydroxyl groups excluding tert-OH is 2. The minimum Gasteiger partial charge on any atom is -0.508 e. The van der Waals surface area contributed by atoms with Crippen LogP contribution in [-0.2, 0) is 0 Å². The van der Waals surface area contributed by atoms with Crippen LogP contribution < -0.4 is 11.5 Å². The number of phenols is 1. The van der Waals surface area contributed by atoms with Crippen molar-refractivity contribution < 1.29 is 24.5 Å². The van der Waals surface area contributed by atoms with E-state index in [1.807, 2.05) is 230 Å². The van der Waals surface area contributed by atoms with Gasteiger partial charge in [0.05, 0.1) is 96.5 Å². The molecule has 0 bridgehead atoms. The number of pyridine rings is 6. The van der Waals surface area contributed by atoms with Crippen LogP contribution in [0.5, 0.6) is 5.75 Å². The van der Waals surface area contributed by atoms with E-state index in [1.165, 1.54) is 35.7 Å². The third kappa shape index (κ3) is 19.9. The number of hydrogen-bond donors (Lipinski definition) is 5. The average molecular weight is 1930 g/mol. The molecule has 642 valence electrons. The fourth-order valence-corrected chi connectivity index (χ4v) is 16.9. The fraction of sp³-hybridized carbons (Fsp3) is 0.0952. The molecule has 0 aliphatic rings. The van der Waals surface area contributed by atoms with Gasteiger partial charge in [0.2, 0.25) is 0 Å². The Kier molecular flexibility index (Phi) is 27.6. The van der Waals surface area contributed by atoms with Crippen LogP contribution in [0, 0.1) is 9.52 Å². The Morgan fingerprint density at radius 3 is 1.08 bits per heavy atom. The summed E-state index contributed by atoms with van der Waals surface area (Å²) in [6.45, 7) is 9.71. The number of aromatic hydroxyl groups is 1. The molecule has 10 aromatic heterocycles. The number of nitrogens with two attached hydrogens (primary N) is 2. The van der Waals surface area contributed by atoms with Crippen LogP contribution in [-0.4, -0.2) is 91.0 Å². The molecule has 0 saturated heterocycles. The van der Waals surface area contributed by atoms with Gasteiger partial charge in [-0.1, -0.05) is 270 Å². The van der Waals surface area contributed by atoms with Crippen molar-refractivity contribution in [3.63, 3.8) is 0 Å². The highest BCUT2D eigenvalue weighted by Crippen LogP contribution is 2.41. The first-order valence-corrected chi connectivity index (χ1v) is 44.4. The van der Waals surface area contributed by atoms with Gasteiger partial charge in [-0.25, -0.2) is 63.6 Å². The molecule has 0 fully saturated rings. The van der Waals surface area contributed by atoms with Crippen LogP contribution in [0.4, 0.5) is 16.0 Å². The van der Waals surface area contributed by atoms with Crippen LogP contribution in [0.25, 0.3) is 144 Å². The Morgan fingerprint density at radius 2 is 0.692 bits per heavy atom. The number of alkyl halides is 1. The van der Waals surface area contributed by atoms with Crippen molar-refractivity contribution in [1.82, 2.24) is 69.4 Å². The molecule has 5 unspecified atom stereocenters. The van der Waals surface area contributed by atoms with E-state index >= 15 is 0 Å². The number of halogens is 5. The summed E-state index contributed by atoms with van der Waals surface area (Å²) in [5.41, 5.74) is 33.0. The number of benzene rings is 11. The molecule has 0 spiro atoms. The molecule has 10 heterocycles. The Labute approximate surface area is 779 Å². The molecule has 7 N–H and O–H groups in total. The minimum atomic E-state index is -0.584. The Balaban J connectivity index is 0.000000119. The summed E-state index contributed by atoms with van der Waals surface area (Å²) >= 11 is 17.5. The van der Waals surface area contributed by atoms with Crippen molar-refractivity contribution in [2.75, 3.05) is 11.5 Å². The second-order valence-electron chi connectivity index (χ2n) is 30.6. The number of fused-ring (bicyclic) bond motifs is 8. The Bertz CT molecular complexity index is 7530. The van der Waals surface area contributed by atoms with Gasteiger partial charge in [0.25, 0.3) is 0 Å². The molecule has 0 aliphatic carbocycles. The molecule has 0 amide bonds. The van der Waals surface area contributed by atoms with E-state index < -0.39 is 18.0 Å². The number of hydrogen-bond acceptors (Lipinski definition) is 18. The summed E-state index contributed by atoms with van der Waals surface area (Å²) in [7, 11) is 0. The van der Waals surface area contributed by atoms with E-state index in [0.29, 0.717) is 50.7 Å². The average Bonchev–Trinajstić information content (AvgIpc) is 1.59. The number of nitrogen functional groups attached to an aromatic ring is 2. The molecule has 11 aromatic carbocycles. The lowest BCUT2D eigenvalue weighted by molar-refractivity contribution is 0.112. The molecular formula is C105H83BrCl2FIN16O4. The van der Waals surface area contributed by atoms with E-state index in [-0.39, 0.29) is 33.6 Å². The lowest BCUT2D eigenvalue weighted by Crippen LogP contribution is -2.12. The molecule has 21 rings (SSSR count). The predicted octanol–water partition coefficient (Wildman–Crippen LogP) is 25.5. The maximum Gasteiger partial charge on any atom is 0.165 e. The Hall–Kier alpha value is -14.3. The van der Waals surface area contributed by atoms with Gasteiger partial charge in [0.15, 0.2) is 17.6 Å². The fourth-order valence-electron chi connectivity index (χ4n) is 15.4. The van der Waals surface area contributed by atoms with E-state index in [2.05, 4.69) is 161 Å². The molecule has 25 heteroatoms. The van der Waals surface area contributed by atoms with Crippen molar-refractivity contribution in [3.8, 4) is 62.0 Å². The second-order valence-corrected chi connectivity index (χ2v) is 33.8. The number of carbonyl (C=O) groups is 1. The first kappa shape index (κ1) is 89.1. The summed E-state index contributed by atoms with van der Waals surface area (Å²) < 4.78 is 18.6. The highest BCUT2D eigenvalue weighted by molar-refractivity contribution is 14.1. The first-order valence-electron chi connectivity index (χ1n) is 41.6. The Morgan fingerprint density at radius 1 is 0.369 bits per heavy atom. The summed E-state index contributed by atoms with van der Waals surface area (Å²) in [6, 6.07) is 104. The zero-order valence-corrected chi connectivity index (χ0v) is 76.0. The van der Waals surface area contributed by atoms with Crippen LogP contribution in [0.1, 0.15) is 102 Å². The summed E-state index contributed by atoms with van der Waals surface area (Å²) in [4.78, 5) is 55.8. The zero-order chi connectivity index (χ0) is 90.6. The monoisotopic (exact) mass is 1930 g/mol. The van der Waals surface area contributed by atoms with Gasteiger partial charge in [0, 0.05) is 93.3 Å². The normalized spacial score (nSPS) is 12.3. The number of rotatable bonds is 13. The molecule has 0 saturated carbocycles. The molecule has 130 heavy (non-hydrogen) atoms. The van der Waals surface area contributed by atoms with Crippen molar-refractivity contribution >= 4 is 167 Å². The summed E-state index contributed by atoms with van der Waals surface area (Å²) in [5, 5.41) is 47.1. The zero-order valence-electron chi connectivity index (χ0n) is 70.8. The molecule has 5 atom stereocenters. The van der Waals surface area contributed by atoms with Gasteiger partial charge in [-0.15, -0.1) is 0 Å². The number of nitrogens with zero attached hydrogens (tertiary/aromatic N) is 14. The van der Waals surface area contributed by atoms with Crippen LogP contribution in [0.15, 0.2) is 334 Å². The highest BCUT2D eigenvalue weighted by Gasteiger charge is 2.27. The van der Waals surface area contributed by atoms with Gasteiger partial charge < -0.3 is 26.8 Å². The standard InChI is InChI=1S/C28H21FN6O.C22H17IN6.C17H14BrN.C17H15NO.C11H10ClNO.C10H6ClNO/c1-16(22-13-18-9-5-6-10-23(18)33-25(22)17-7-3-2-4-8-17)35-28-24(27(30)31-15-32-28)26(34-35)19-11-20(29)14-21(36)12-19;1-13(29-22-18(20(23)28-29)21(24)25-12-26-22)16-11-15-9-5-6-10-17(15)27-19(16)14-7-3-2-4-8-14;1-12(18)15-11-14-9-5-6-10-16(14)19-17(15)13-7-3-2-4-8-13;1-12(19)15-11-14-9-5-6-10-16(14)18-17(15)13-7-3-2-4-8-13;1-7(14)9-6-8-4-2-3-5-10(8)13-11(9)12;11-10-8(6-13)5-7-3-1-2-4-9(7)12-10/h2-16,36H,1H3,(H2,30,31,32);2-13H,1H3,(H2,24,25,26);2-12H,1H3;2-12,19H,1H3;2-7,14H,1H3;1-6H. The van der Waals surface area contributed by atoms with E-state index in [0.717, 1.165) is 143 Å². The largest absolute Gasteiger partial charge is 0.508 e. The lowest BCUT2D eigenvalue weighted by Gasteiger charge is -2.18. The lowest BCUT2D eigenvalue weighted by atomic mass is 9.98. The van der Waals surface area contributed by atoms with Gasteiger partial charge >= 0.3 is 0 Å². The van der Waals surface area contributed by atoms with E-state index in [9.17, 15) is 24.5 Å². The van der Waals surface area contributed by atoms with Crippen LogP contribution >= 0.6 is 61.7 Å². The van der Waals surface area contributed by atoms with Crippen LogP contribution in [0.3, 0.4) is 0 Å². The van der Waals surface area contributed by atoms with Crippen molar-refractivity contribution in [1.29, 1.82) is 0 Å². The number of phenolic OH excluding ortho intramolecular Hbond substituents is 1. The maximum absolute atomic E-state index is 14.2. The number of aldehydes is 1. The van der Waals surface area contributed by atoms with Crippen molar-refractivity contribution in [2.24, 2.45) is 0 Å². The predicted molar refractivity (Wildman–Crippen MR) is 533 cm³/mol. The van der Waals surface area contributed by atoms with Gasteiger partial charge in [-0.05, 0) is 148 Å². The first-order chi connectivity index (χ1) is 63.1.